The van der Waals surface area contributed by atoms with Gasteiger partial charge in [-0.05, 0) is 60.6 Å². The van der Waals surface area contributed by atoms with Crippen LogP contribution in [-0.4, -0.2) is 19.5 Å². The van der Waals surface area contributed by atoms with Crippen molar-refractivity contribution in [2.24, 2.45) is 11.8 Å². The predicted molar refractivity (Wildman–Crippen MR) is 107 cm³/mol. The number of hydrogen-bond acceptors (Lipinski definition) is 2. The summed E-state index contributed by atoms with van der Waals surface area (Å²) >= 11 is 0. The summed E-state index contributed by atoms with van der Waals surface area (Å²) in [6.45, 7) is 3.58. The maximum atomic E-state index is 14.7. The SMILES string of the molecule is CCC1COC(C2CC=C(c3ccc(-c4cc(F)c(F)c(F)c4)c(F)c3)CC2)OC1. The molecule has 1 fully saturated rings. The van der Waals surface area contributed by atoms with Gasteiger partial charge in [0.15, 0.2) is 23.7 Å². The van der Waals surface area contributed by atoms with Crippen molar-refractivity contribution >= 4 is 5.57 Å². The van der Waals surface area contributed by atoms with Gasteiger partial charge in [0.05, 0.1) is 13.2 Å². The molecule has 0 spiro atoms. The monoisotopic (exact) mass is 420 g/mol. The van der Waals surface area contributed by atoms with E-state index in [0.29, 0.717) is 5.92 Å². The molecule has 2 aliphatic rings. The van der Waals surface area contributed by atoms with Gasteiger partial charge in [-0.15, -0.1) is 0 Å². The first-order valence-corrected chi connectivity index (χ1v) is 10.3. The van der Waals surface area contributed by atoms with Gasteiger partial charge in [0.25, 0.3) is 0 Å². The van der Waals surface area contributed by atoms with Crippen LogP contribution >= 0.6 is 0 Å². The van der Waals surface area contributed by atoms with Gasteiger partial charge in [-0.1, -0.05) is 25.1 Å². The Balaban J connectivity index is 1.47. The van der Waals surface area contributed by atoms with Crippen LogP contribution in [0.4, 0.5) is 17.6 Å². The molecule has 2 aromatic carbocycles. The Kier molecular flexibility index (Phi) is 6.25. The Hall–Kier alpha value is -2.18. The molecule has 0 aromatic heterocycles. The first kappa shape index (κ1) is 21.1. The van der Waals surface area contributed by atoms with Gasteiger partial charge in [0.2, 0.25) is 0 Å². The van der Waals surface area contributed by atoms with Crippen LogP contribution in [0.2, 0.25) is 0 Å². The van der Waals surface area contributed by atoms with Gasteiger partial charge in [0.1, 0.15) is 5.82 Å². The summed E-state index contributed by atoms with van der Waals surface area (Å²) in [6, 6.07) is 6.16. The number of allylic oxidation sites excluding steroid dienone is 2. The van der Waals surface area contributed by atoms with Gasteiger partial charge < -0.3 is 9.47 Å². The van der Waals surface area contributed by atoms with Gasteiger partial charge in [0, 0.05) is 17.4 Å². The fraction of sp³-hybridized carbons (Fsp3) is 0.417. The lowest BCUT2D eigenvalue weighted by Crippen LogP contribution is -2.37. The molecule has 2 nitrogen and oxygen atoms in total. The van der Waals surface area contributed by atoms with Crippen LogP contribution in [0, 0.1) is 35.1 Å². The van der Waals surface area contributed by atoms with Crippen molar-refractivity contribution in [2.45, 2.75) is 38.9 Å². The number of rotatable bonds is 4. The zero-order valence-corrected chi connectivity index (χ0v) is 16.8. The van der Waals surface area contributed by atoms with Crippen LogP contribution in [0.25, 0.3) is 16.7 Å². The number of ether oxygens (including phenoxy) is 2. The number of hydrogen-bond donors (Lipinski definition) is 0. The highest BCUT2D eigenvalue weighted by molar-refractivity contribution is 5.71. The highest BCUT2D eigenvalue weighted by Crippen LogP contribution is 2.36. The van der Waals surface area contributed by atoms with Crippen LogP contribution in [0.3, 0.4) is 0 Å². The molecule has 0 amide bonds. The summed E-state index contributed by atoms with van der Waals surface area (Å²) < 4.78 is 66.6. The van der Waals surface area contributed by atoms with E-state index in [1.165, 1.54) is 12.1 Å². The summed E-state index contributed by atoms with van der Waals surface area (Å²) in [5.41, 5.74) is 1.75. The molecule has 1 heterocycles. The summed E-state index contributed by atoms with van der Waals surface area (Å²) in [4.78, 5) is 0. The molecule has 6 heteroatoms. The number of halogens is 4. The van der Waals surface area contributed by atoms with E-state index in [1.807, 2.05) is 0 Å². The minimum Gasteiger partial charge on any atom is -0.352 e. The van der Waals surface area contributed by atoms with Gasteiger partial charge in [-0.25, -0.2) is 17.6 Å². The van der Waals surface area contributed by atoms with Crippen molar-refractivity contribution < 1.29 is 27.0 Å². The third kappa shape index (κ3) is 4.30. The number of benzene rings is 2. The molecular weight excluding hydrogens is 396 g/mol. The standard InChI is InChI=1S/C24H24F4O2/c1-2-14-12-29-24(30-13-14)16-5-3-15(4-6-16)17-7-8-19(20(25)9-17)18-10-21(26)23(28)22(27)11-18/h3,7-11,14,16,24H,2,4-6,12-13H2,1H3. The van der Waals surface area contributed by atoms with Gasteiger partial charge in [-0.3, -0.25) is 0 Å². The molecule has 0 saturated carbocycles. The molecule has 1 aliphatic heterocycles. The molecule has 1 saturated heterocycles. The topological polar surface area (TPSA) is 18.5 Å². The smallest absolute Gasteiger partial charge is 0.194 e. The van der Waals surface area contributed by atoms with E-state index in [2.05, 4.69) is 13.0 Å². The summed E-state index contributed by atoms with van der Waals surface area (Å²) in [7, 11) is 0. The zero-order chi connectivity index (χ0) is 21.3. The molecule has 4 rings (SSSR count). The first-order chi connectivity index (χ1) is 14.5. The Morgan fingerprint density at radius 1 is 0.900 bits per heavy atom. The minimum atomic E-state index is -1.56. The Morgan fingerprint density at radius 2 is 1.57 bits per heavy atom. The lowest BCUT2D eigenvalue weighted by molar-refractivity contribution is -0.225. The average molecular weight is 420 g/mol. The van der Waals surface area contributed by atoms with E-state index < -0.39 is 23.3 Å². The lowest BCUT2D eigenvalue weighted by atomic mass is 9.85. The Bertz CT molecular complexity index is 925. The van der Waals surface area contributed by atoms with Crippen LogP contribution in [-0.2, 0) is 9.47 Å². The highest BCUT2D eigenvalue weighted by atomic mass is 19.2. The molecule has 0 N–H and O–H groups in total. The van der Waals surface area contributed by atoms with Crippen LogP contribution in [0.1, 0.15) is 38.2 Å². The normalized spacial score (nSPS) is 24.6. The Morgan fingerprint density at radius 3 is 2.13 bits per heavy atom. The minimum absolute atomic E-state index is 0.0281. The molecular formula is C24H24F4O2. The second-order valence-corrected chi connectivity index (χ2v) is 8.02. The summed E-state index contributed by atoms with van der Waals surface area (Å²) in [6.07, 6.45) is 5.37. The average Bonchev–Trinajstić information content (AvgIpc) is 2.77. The molecule has 1 aliphatic carbocycles. The largest absolute Gasteiger partial charge is 0.352 e. The molecule has 1 unspecified atom stereocenters. The Labute approximate surface area is 173 Å². The van der Waals surface area contributed by atoms with E-state index in [4.69, 9.17) is 9.47 Å². The molecule has 1 atom stereocenters. The molecule has 30 heavy (non-hydrogen) atoms. The van der Waals surface area contributed by atoms with Crippen molar-refractivity contribution in [3.63, 3.8) is 0 Å². The fourth-order valence-electron chi connectivity index (χ4n) is 4.09. The lowest BCUT2D eigenvalue weighted by Gasteiger charge is -2.35. The second-order valence-electron chi connectivity index (χ2n) is 8.02. The third-order valence-corrected chi connectivity index (χ3v) is 6.04. The summed E-state index contributed by atoms with van der Waals surface area (Å²) in [5.74, 6) is -4.11. The fourth-order valence-corrected chi connectivity index (χ4v) is 4.09. The van der Waals surface area contributed by atoms with E-state index >= 15 is 0 Å². The first-order valence-electron chi connectivity index (χ1n) is 10.3. The van der Waals surface area contributed by atoms with Crippen LogP contribution in [0.5, 0.6) is 0 Å². The maximum Gasteiger partial charge on any atom is 0.194 e. The van der Waals surface area contributed by atoms with Crippen molar-refractivity contribution in [1.29, 1.82) is 0 Å². The van der Waals surface area contributed by atoms with E-state index in [1.54, 1.807) is 6.07 Å². The van der Waals surface area contributed by atoms with Crippen molar-refractivity contribution in [1.82, 2.24) is 0 Å². The quantitative estimate of drug-likeness (QED) is 0.416. The summed E-state index contributed by atoms with van der Waals surface area (Å²) in [5, 5.41) is 0. The molecule has 0 bridgehead atoms. The van der Waals surface area contributed by atoms with E-state index in [0.717, 1.165) is 62.2 Å². The van der Waals surface area contributed by atoms with Crippen LogP contribution in [0.15, 0.2) is 36.4 Å². The molecule has 160 valence electrons. The predicted octanol–water partition coefficient (Wildman–Crippen LogP) is 6.49. The van der Waals surface area contributed by atoms with Gasteiger partial charge >= 0.3 is 0 Å². The zero-order valence-electron chi connectivity index (χ0n) is 16.8. The van der Waals surface area contributed by atoms with Crippen molar-refractivity contribution in [3.8, 4) is 11.1 Å². The maximum absolute atomic E-state index is 14.7. The second kappa shape index (κ2) is 8.90. The van der Waals surface area contributed by atoms with Gasteiger partial charge in [-0.2, -0.15) is 0 Å². The highest BCUT2D eigenvalue weighted by Gasteiger charge is 2.30. The molecule has 0 radical (unpaired) electrons. The van der Waals surface area contributed by atoms with Crippen molar-refractivity contribution in [2.75, 3.05) is 13.2 Å². The molecule has 2 aromatic rings. The van der Waals surface area contributed by atoms with Crippen LogP contribution < -0.4 is 0 Å². The van der Waals surface area contributed by atoms with E-state index in [-0.39, 0.29) is 23.3 Å². The van der Waals surface area contributed by atoms with E-state index in [9.17, 15) is 17.6 Å². The van der Waals surface area contributed by atoms with Crippen molar-refractivity contribution in [3.05, 3.63) is 65.2 Å². The third-order valence-electron chi connectivity index (χ3n) is 6.04.